The average molecular weight is 304 g/mol. The van der Waals surface area contributed by atoms with E-state index in [2.05, 4.69) is 0 Å². The summed E-state index contributed by atoms with van der Waals surface area (Å²) < 4.78 is 26.8. The second kappa shape index (κ2) is 6.32. The number of nitrogens with two attached hydrogens (primary N) is 1. The first-order valence-electron chi connectivity index (χ1n) is 6.47. The Bertz CT molecular complexity index is 505. The van der Waals surface area contributed by atoms with Gasteiger partial charge >= 0.3 is 0 Å². The molecule has 0 atom stereocenters. The highest BCUT2D eigenvalue weighted by Crippen LogP contribution is 2.28. The Morgan fingerprint density at radius 1 is 1.37 bits per heavy atom. The minimum Gasteiger partial charge on any atom is -0.396 e. The van der Waals surface area contributed by atoms with Gasteiger partial charge in [0.15, 0.2) is 0 Å². The molecule has 2 heterocycles. The molecule has 1 saturated heterocycles. The molecule has 1 aliphatic heterocycles. The normalized spacial score (nSPS) is 18.8. The van der Waals surface area contributed by atoms with Crippen LogP contribution in [0, 0.1) is 5.92 Å². The zero-order chi connectivity index (χ0) is 13.9. The highest BCUT2D eigenvalue weighted by Gasteiger charge is 2.30. The molecule has 7 heteroatoms. The van der Waals surface area contributed by atoms with E-state index in [0.717, 1.165) is 17.7 Å². The van der Waals surface area contributed by atoms with Crippen LogP contribution in [0.3, 0.4) is 0 Å². The zero-order valence-corrected chi connectivity index (χ0v) is 12.4. The van der Waals surface area contributed by atoms with Crippen LogP contribution in [0.4, 0.5) is 0 Å². The van der Waals surface area contributed by atoms with Gasteiger partial charge in [-0.15, -0.1) is 11.3 Å². The zero-order valence-electron chi connectivity index (χ0n) is 10.8. The predicted octanol–water partition coefficient (Wildman–Crippen LogP) is 0.642. The number of aliphatic hydroxyl groups excluding tert-OH is 1. The van der Waals surface area contributed by atoms with Crippen LogP contribution in [0.2, 0.25) is 0 Å². The van der Waals surface area contributed by atoms with Gasteiger partial charge < -0.3 is 10.8 Å². The standard InChI is InChI=1S/C12H20N2O3S2/c13-6-3-11-1-2-12(18-11)19(16,17)14-7-4-10(9-15)5-8-14/h1-2,10,15H,3-9,13H2. The summed E-state index contributed by atoms with van der Waals surface area (Å²) in [6.07, 6.45) is 2.18. The van der Waals surface area contributed by atoms with Gasteiger partial charge in [-0.05, 0) is 43.9 Å². The second-order valence-corrected chi connectivity index (χ2v) is 8.12. The van der Waals surface area contributed by atoms with E-state index >= 15 is 0 Å². The third-order valence-corrected chi connectivity index (χ3v) is 6.96. The molecule has 0 radical (unpaired) electrons. The van der Waals surface area contributed by atoms with Crippen molar-refractivity contribution < 1.29 is 13.5 Å². The van der Waals surface area contributed by atoms with E-state index in [1.807, 2.05) is 6.07 Å². The van der Waals surface area contributed by atoms with Gasteiger partial charge in [0.2, 0.25) is 0 Å². The highest BCUT2D eigenvalue weighted by atomic mass is 32.2. The van der Waals surface area contributed by atoms with Crippen LogP contribution in [0.5, 0.6) is 0 Å². The molecule has 0 amide bonds. The van der Waals surface area contributed by atoms with Crippen molar-refractivity contribution in [2.24, 2.45) is 11.7 Å². The van der Waals surface area contributed by atoms with Gasteiger partial charge in [0.1, 0.15) is 4.21 Å². The molecule has 3 N–H and O–H groups in total. The summed E-state index contributed by atoms with van der Waals surface area (Å²) >= 11 is 1.31. The van der Waals surface area contributed by atoms with Crippen molar-refractivity contribution in [3.63, 3.8) is 0 Å². The molecule has 2 rings (SSSR count). The first-order chi connectivity index (χ1) is 9.07. The van der Waals surface area contributed by atoms with E-state index < -0.39 is 10.0 Å². The Kier molecular flexibility index (Phi) is 4.97. The maximum Gasteiger partial charge on any atom is 0.252 e. The summed E-state index contributed by atoms with van der Waals surface area (Å²) in [4.78, 5) is 1.01. The smallest absolute Gasteiger partial charge is 0.252 e. The van der Waals surface area contributed by atoms with E-state index in [1.54, 1.807) is 6.07 Å². The van der Waals surface area contributed by atoms with Crippen LogP contribution < -0.4 is 5.73 Å². The van der Waals surface area contributed by atoms with Gasteiger partial charge in [0.25, 0.3) is 10.0 Å². The van der Waals surface area contributed by atoms with E-state index in [4.69, 9.17) is 10.8 Å². The Morgan fingerprint density at radius 3 is 2.63 bits per heavy atom. The van der Waals surface area contributed by atoms with Crippen LogP contribution in [0.1, 0.15) is 17.7 Å². The summed E-state index contributed by atoms with van der Waals surface area (Å²) in [5.41, 5.74) is 5.48. The maximum atomic E-state index is 12.4. The number of nitrogens with zero attached hydrogens (tertiary/aromatic N) is 1. The van der Waals surface area contributed by atoms with Crippen molar-refractivity contribution >= 4 is 21.4 Å². The van der Waals surface area contributed by atoms with Crippen molar-refractivity contribution in [1.82, 2.24) is 4.31 Å². The number of hydrogen-bond donors (Lipinski definition) is 2. The lowest BCUT2D eigenvalue weighted by molar-refractivity contribution is 0.170. The monoisotopic (exact) mass is 304 g/mol. The van der Waals surface area contributed by atoms with Gasteiger partial charge in [-0.25, -0.2) is 8.42 Å². The lowest BCUT2D eigenvalue weighted by Gasteiger charge is -2.29. The number of piperidine rings is 1. The molecule has 1 aliphatic rings. The third-order valence-electron chi connectivity index (χ3n) is 3.45. The summed E-state index contributed by atoms with van der Waals surface area (Å²) in [5, 5.41) is 9.08. The molecule has 0 spiro atoms. The van der Waals surface area contributed by atoms with E-state index in [-0.39, 0.29) is 12.5 Å². The minimum atomic E-state index is -3.36. The molecule has 1 fully saturated rings. The molecule has 0 saturated carbocycles. The Labute approximate surface area is 118 Å². The fourth-order valence-electron chi connectivity index (χ4n) is 2.23. The summed E-state index contributed by atoms with van der Waals surface area (Å²) in [7, 11) is -3.36. The van der Waals surface area contributed by atoms with Gasteiger partial charge in [-0.2, -0.15) is 4.31 Å². The fraction of sp³-hybridized carbons (Fsp3) is 0.667. The van der Waals surface area contributed by atoms with Gasteiger partial charge in [-0.3, -0.25) is 0 Å². The number of sulfonamides is 1. The third kappa shape index (κ3) is 3.35. The van der Waals surface area contributed by atoms with Gasteiger partial charge in [0, 0.05) is 24.6 Å². The Hall–Kier alpha value is -0.470. The number of hydrogen-bond acceptors (Lipinski definition) is 5. The molecule has 0 aromatic carbocycles. The molecule has 108 valence electrons. The molecule has 1 aromatic rings. The predicted molar refractivity (Wildman–Crippen MR) is 75.6 cm³/mol. The van der Waals surface area contributed by atoms with E-state index in [0.29, 0.717) is 30.3 Å². The molecule has 0 aliphatic carbocycles. The summed E-state index contributed by atoms with van der Waals surface area (Å²) in [6.45, 7) is 1.67. The molecular weight excluding hydrogens is 284 g/mol. The SMILES string of the molecule is NCCc1ccc(S(=O)(=O)N2CCC(CO)CC2)s1. The number of thiophene rings is 1. The molecule has 19 heavy (non-hydrogen) atoms. The first-order valence-corrected chi connectivity index (χ1v) is 8.73. The van der Waals surface area contributed by atoms with Crippen molar-refractivity contribution in [3.05, 3.63) is 17.0 Å². The van der Waals surface area contributed by atoms with Crippen LogP contribution in [0.15, 0.2) is 16.3 Å². The van der Waals surface area contributed by atoms with Crippen molar-refractivity contribution in [2.45, 2.75) is 23.5 Å². The molecule has 0 unspecified atom stereocenters. The second-order valence-electron chi connectivity index (χ2n) is 4.79. The van der Waals surface area contributed by atoms with Crippen LogP contribution in [0.25, 0.3) is 0 Å². The Morgan fingerprint density at radius 2 is 2.05 bits per heavy atom. The van der Waals surface area contributed by atoms with Crippen LogP contribution in [-0.2, 0) is 16.4 Å². The van der Waals surface area contributed by atoms with E-state index in [9.17, 15) is 8.42 Å². The lowest BCUT2D eigenvalue weighted by atomic mass is 10.00. The topological polar surface area (TPSA) is 83.6 Å². The molecule has 0 bridgehead atoms. The van der Waals surface area contributed by atoms with Crippen molar-refractivity contribution in [2.75, 3.05) is 26.2 Å². The maximum absolute atomic E-state index is 12.4. The van der Waals surface area contributed by atoms with Crippen molar-refractivity contribution in [3.8, 4) is 0 Å². The quantitative estimate of drug-likeness (QED) is 0.836. The largest absolute Gasteiger partial charge is 0.396 e. The number of rotatable bonds is 5. The van der Waals surface area contributed by atoms with Gasteiger partial charge in [-0.1, -0.05) is 0 Å². The lowest BCUT2D eigenvalue weighted by Crippen LogP contribution is -2.38. The summed E-state index contributed by atoms with van der Waals surface area (Å²) in [6, 6.07) is 3.51. The average Bonchev–Trinajstić information content (AvgIpc) is 2.89. The first kappa shape index (κ1) is 14.9. The highest BCUT2D eigenvalue weighted by molar-refractivity contribution is 7.91. The molecule has 1 aromatic heterocycles. The van der Waals surface area contributed by atoms with Crippen LogP contribution in [-0.4, -0.2) is 44.1 Å². The fourth-order valence-corrected chi connectivity index (χ4v) is 5.23. The van der Waals surface area contributed by atoms with Gasteiger partial charge in [0.05, 0.1) is 0 Å². The van der Waals surface area contributed by atoms with Crippen LogP contribution >= 0.6 is 11.3 Å². The Balaban J connectivity index is 2.09. The minimum absolute atomic E-state index is 0.146. The number of aliphatic hydroxyl groups is 1. The van der Waals surface area contributed by atoms with Crippen molar-refractivity contribution in [1.29, 1.82) is 0 Å². The molecule has 5 nitrogen and oxygen atoms in total. The molecular formula is C12H20N2O3S2. The summed E-state index contributed by atoms with van der Waals surface area (Å²) in [5.74, 6) is 0.239. The van der Waals surface area contributed by atoms with E-state index in [1.165, 1.54) is 15.6 Å².